The van der Waals surface area contributed by atoms with Crippen molar-refractivity contribution in [1.29, 1.82) is 0 Å². The van der Waals surface area contributed by atoms with Gasteiger partial charge in [-0.15, -0.1) is 0 Å². The molecule has 1 saturated heterocycles. The minimum Gasteiger partial charge on any atom is -0.493 e. The highest BCUT2D eigenvalue weighted by Gasteiger charge is 2.41. The Labute approximate surface area is 193 Å². The van der Waals surface area contributed by atoms with Crippen LogP contribution in [0.5, 0.6) is 11.5 Å². The maximum absolute atomic E-state index is 13.6. The molecule has 0 aromatic heterocycles. The summed E-state index contributed by atoms with van der Waals surface area (Å²) in [5.74, 6) is 0.444. The van der Waals surface area contributed by atoms with Gasteiger partial charge in [-0.05, 0) is 29.8 Å². The summed E-state index contributed by atoms with van der Waals surface area (Å²) in [6.45, 7) is 3.85. The van der Waals surface area contributed by atoms with E-state index in [0.717, 1.165) is 18.8 Å². The number of methoxy groups -OCH3 is 2. The van der Waals surface area contributed by atoms with Gasteiger partial charge in [-0.2, -0.15) is 0 Å². The summed E-state index contributed by atoms with van der Waals surface area (Å²) in [5.41, 5.74) is 2.13. The molecular weight excluding hydrogens is 422 g/mol. The fraction of sp³-hybridized carbons (Fsp3) is 0.360. The molecule has 0 spiro atoms. The molecule has 2 amide bonds. The van der Waals surface area contributed by atoms with Crippen LogP contribution in [0.1, 0.15) is 5.56 Å². The SMILES string of the molecule is COc1ccc(C2=C(N(C)c3ccccc3)C(=O)N(CCN3CCOCC3)C2=O)cc1OC. The zero-order valence-corrected chi connectivity index (χ0v) is 19.2. The van der Waals surface area contributed by atoms with E-state index < -0.39 is 0 Å². The number of likely N-dealkylation sites (N-methyl/N-ethyl adjacent to an activating group) is 1. The molecule has 1 fully saturated rings. The Hall–Kier alpha value is -3.36. The summed E-state index contributed by atoms with van der Waals surface area (Å²) in [4.78, 5) is 32.5. The number of hydrogen-bond acceptors (Lipinski definition) is 7. The molecule has 0 radical (unpaired) electrons. The normalized spacial score (nSPS) is 17.0. The zero-order valence-electron chi connectivity index (χ0n) is 19.2. The Kier molecular flexibility index (Phi) is 6.96. The number of morpholine rings is 1. The zero-order chi connectivity index (χ0) is 23.4. The summed E-state index contributed by atoms with van der Waals surface area (Å²) in [6, 6.07) is 14.8. The molecule has 0 atom stereocenters. The molecule has 2 heterocycles. The number of hydrogen-bond donors (Lipinski definition) is 0. The minimum absolute atomic E-state index is 0.301. The van der Waals surface area contributed by atoms with Crippen molar-refractivity contribution in [3.8, 4) is 11.5 Å². The van der Waals surface area contributed by atoms with Crippen LogP contribution in [0.2, 0.25) is 0 Å². The van der Waals surface area contributed by atoms with Gasteiger partial charge in [-0.25, -0.2) is 0 Å². The number of benzene rings is 2. The van der Waals surface area contributed by atoms with E-state index in [9.17, 15) is 9.59 Å². The number of anilines is 1. The molecule has 4 rings (SSSR count). The monoisotopic (exact) mass is 451 g/mol. The van der Waals surface area contributed by atoms with Gasteiger partial charge in [-0.1, -0.05) is 24.3 Å². The first-order chi connectivity index (χ1) is 16.0. The fourth-order valence-corrected chi connectivity index (χ4v) is 4.18. The van der Waals surface area contributed by atoms with Crippen LogP contribution in [0.4, 0.5) is 5.69 Å². The number of carbonyl (C=O) groups is 2. The Morgan fingerprint density at radius 2 is 1.61 bits per heavy atom. The quantitative estimate of drug-likeness (QED) is 0.570. The van der Waals surface area contributed by atoms with E-state index >= 15 is 0 Å². The molecule has 2 aliphatic rings. The first kappa shape index (κ1) is 22.8. The van der Waals surface area contributed by atoms with Crippen LogP contribution in [0, 0.1) is 0 Å². The van der Waals surface area contributed by atoms with Gasteiger partial charge in [-0.3, -0.25) is 19.4 Å². The third-order valence-electron chi connectivity index (χ3n) is 6.04. The van der Waals surface area contributed by atoms with E-state index in [1.165, 1.54) is 4.90 Å². The third kappa shape index (κ3) is 4.58. The molecule has 0 bridgehead atoms. The highest BCUT2D eigenvalue weighted by molar-refractivity contribution is 6.36. The topological polar surface area (TPSA) is 71.5 Å². The number of rotatable bonds is 8. The summed E-state index contributed by atoms with van der Waals surface area (Å²) >= 11 is 0. The number of para-hydroxylation sites is 1. The molecule has 2 aliphatic heterocycles. The number of carbonyl (C=O) groups excluding carboxylic acids is 2. The maximum atomic E-state index is 13.6. The van der Waals surface area contributed by atoms with E-state index in [1.54, 1.807) is 37.3 Å². The van der Waals surface area contributed by atoms with Crippen LogP contribution in [-0.2, 0) is 14.3 Å². The predicted octanol–water partition coefficient (Wildman–Crippen LogP) is 2.25. The van der Waals surface area contributed by atoms with Gasteiger partial charge < -0.3 is 19.1 Å². The van der Waals surface area contributed by atoms with Gasteiger partial charge in [0.25, 0.3) is 11.8 Å². The molecular formula is C25H29N3O5. The van der Waals surface area contributed by atoms with Crippen molar-refractivity contribution in [2.75, 3.05) is 65.6 Å². The second kappa shape index (κ2) is 10.1. The lowest BCUT2D eigenvalue weighted by Crippen LogP contribution is -2.44. The van der Waals surface area contributed by atoms with Gasteiger partial charge >= 0.3 is 0 Å². The molecule has 174 valence electrons. The van der Waals surface area contributed by atoms with Crippen LogP contribution in [0.15, 0.2) is 54.2 Å². The molecule has 0 aliphatic carbocycles. The van der Waals surface area contributed by atoms with Crippen molar-refractivity contribution in [3.63, 3.8) is 0 Å². The second-order valence-electron chi connectivity index (χ2n) is 7.90. The van der Waals surface area contributed by atoms with Crippen molar-refractivity contribution in [2.45, 2.75) is 0 Å². The smallest absolute Gasteiger partial charge is 0.278 e. The first-order valence-electron chi connectivity index (χ1n) is 11.0. The lowest BCUT2D eigenvalue weighted by atomic mass is 10.0. The minimum atomic E-state index is -0.307. The van der Waals surface area contributed by atoms with Crippen molar-refractivity contribution in [3.05, 3.63) is 59.8 Å². The van der Waals surface area contributed by atoms with Crippen molar-refractivity contribution in [1.82, 2.24) is 9.80 Å². The molecule has 8 heteroatoms. The number of amides is 2. The lowest BCUT2D eigenvalue weighted by Gasteiger charge is -2.28. The average molecular weight is 452 g/mol. The van der Waals surface area contributed by atoms with E-state index in [0.29, 0.717) is 54.6 Å². The van der Waals surface area contributed by atoms with Crippen LogP contribution < -0.4 is 14.4 Å². The number of nitrogens with zero attached hydrogens (tertiary/aromatic N) is 3. The molecule has 2 aromatic carbocycles. The fourth-order valence-electron chi connectivity index (χ4n) is 4.18. The standard InChI is InChI=1S/C25H29N3O5/c1-26(19-7-5-4-6-8-19)23-22(18-9-10-20(31-2)21(17-18)32-3)24(29)28(25(23)30)12-11-27-13-15-33-16-14-27/h4-10,17H,11-16H2,1-3H3. The summed E-state index contributed by atoms with van der Waals surface area (Å²) in [6.07, 6.45) is 0. The predicted molar refractivity (Wildman–Crippen MR) is 125 cm³/mol. The van der Waals surface area contributed by atoms with E-state index in [-0.39, 0.29) is 11.8 Å². The van der Waals surface area contributed by atoms with Gasteiger partial charge in [0.15, 0.2) is 11.5 Å². The van der Waals surface area contributed by atoms with E-state index in [4.69, 9.17) is 14.2 Å². The van der Waals surface area contributed by atoms with Crippen LogP contribution in [-0.4, -0.2) is 82.3 Å². The third-order valence-corrected chi connectivity index (χ3v) is 6.04. The maximum Gasteiger partial charge on any atom is 0.278 e. The van der Waals surface area contributed by atoms with Gasteiger partial charge in [0.2, 0.25) is 0 Å². The summed E-state index contributed by atoms with van der Waals surface area (Å²) < 4.78 is 16.2. The second-order valence-corrected chi connectivity index (χ2v) is 7.90. The Morgan fingerprint density at radius 1 is 0.909 bits per heavy atom. The van der Waals surface area contributed by atoms with Crippen molar-refractivity contribution >= 4 is 23.1 Å². The van der Waals surface area contributed by atoms with Crippen LogP contribution in [0.3, 0.4) is 0 Å². The Balaban J connectivity index is 1.71. The average Bonchev–Trinajstić information content (AvgIpc) is 3.12. The van der Waals surface area contributed by atoms with Crippen molar-refractivity contribution < 1.29 is 23.8 Å². The highest BCUT2D eigenvalue weighted by Crippen LogP contribution is 2.37. The van der Waals surface area contributed by atoms with E-state index in [1.807, 2.05) is 37.4 Å². The van der Waals surface area contributed by atoms with Gasteiger partial charge in [0, 0.05) is 38.9 Å². The largest absolute Gasteiger partial charge is 0.493 e. The highest BCUT2D eigenvalue weighted by atomic mass is 16.5. The number of ether oxygens (including phenoxy) is 3. The van der Waals surface area contributed by atoms with Crippen LogP contribution in [0.25, 0.3) is 5.57 Å². The van der Waals surface area contributed by atoms with Gasteiger partial charge in [0.1, 0.15) is 5.70 Å². The first-order valence-corrected chi connectivity index (χ1v) is 11.0. The Morgan fingerprint density at radius 3 is 2.27 bits per heavy atom. The van der Waals surface area contributed by atoms with Crippen molar-refractivity contribution in [2.24, 2.45) is 0 Å². The molecule has 0 N–H and O–H groups in total. The molecule has 33 heavy (non-hydrogen) atoms. The molecule has 2 aromatic rings. The van der Waals surface area contributed by atoms with Gasteiger partial charge in [0.05, 0.1) is 33.0 Å². The van der Waals surface area contributed by atoms with E-state index in [2.05, 4.69) is 4.90 Å². The van der Waals surface area contributed by atoms with Crippen LogP contribution >= 0.6 is 0 Å². The molecule has 0 unspecified atom stereocenters. The number of imide groups is 1. The summed E-state index contributed by atoms with van der Waals surface area (Å²) in [5, 5.41) is 0. The Bertz CT molecular complexity index is 1050. The lowest BCUT2D eigenvalue weighted by molar-refractivity contribution is -0.137. The summed E-state index contributed by atoms with van der Waals surface area (Å²) in [7, 11) is 4.91. The molecule has 8 nitrogen and oxygen atoms in total. The molecule has 0 saturated carbocycles.